The highest BCUT2D eigenvalue weighted by Gasteiger charge is 2.13. The lowest BCUT2D eigenvalue weighted by Crippen LogP contribution is -2.28. The molecule has 0 aromatic carbocycles. The molecule has 0 aliphatic heterocycles. The van der Waals surface area contributed by atoms with Crippen LogP contribution >= 0.6 is 0 Å². The fourth-order valence-corrected chi connectivity index (χ4v) is 1.15. The van der Waals surface area contributed by atoms with E-state index < -0.39 is 5.97 Å². The Morgan fingerprint density at radius 2 is 2.46 bits per heavy atom. The number of H-pyrrole nitrogens is 1. The first-order chi connectivity index (χ1) is 6.11. The predicted molar refractivity (Wildman–Crippen MR) is 50.9 cm³/mol. The van der Waals surface area contributed by atoms with E-state index in [0.29, 0.717) is 6.54 Å². The molecule has 1 aromatic heterocycles. The molecule has 0 radical (unpaired) electrons. The molecule has 2 N–H and O–H groups in total. The zero-order valence-electron chi connectivity index (χ0n) is 7.82. The molecule has 4 nitrogen and oxygen atoms in total. The lowest BCUT2D eigenvalue weighted by molar-refractivity contribution is -0.140. The second kappa shape index (κ2) is 3.98. The number of carboxylic acids is 1. The number of carboxylic acid groups (broad SMARTS) is 1. The average molecular weight is 182 g/mol. The molecular weight excluding hydrogens is 168 g/mol. The molecule has 72 valence electrons. The van der Waals surface area contributed by atoms with Gasteiger partial charge in [-0.15, -0.1) is 0 Å². The summed E-state index contributed by atoms with van der Waals surface area (Å²) in [4.78, 5) is 15.4. The fourth-order valence-electron chi connectivity index (χ4n) is 1.15. The number of rotatable bonds is 4. The van der Waals surface area contributed by atoms with Crippen molar-refractivity contribution in [3.05, 3.63) is 18.5 Å². The monoisotopic (exact) mass is 182 g/mol. The van der Waals surface area contributed by atoms with Crippen LogP contribution in [-0.4, -0.2) is 29.7 Å². The molecule has 1 heterocycles. The third-order valence-corrected chi connectivity index (χ3v) is 1.99. The molecule has 0 aliphatic rings. The van der Waals surface area contributed by atoms with Crippen molar-refractivity contribution in [2.75, 3.05) is 18.5 Å². The molecule has 0 amide bonds. The van der Waals surface area contributed by atoms with Gasteiger partial charge in [0.25, 0.3) is 0 Å². The summed E-state index contributed by atoms with van der Waals surface area (Å²) in [5, 5.41) is 8.69. The normalized spacial score (nSPS) is 12.5. The third-order valence-electron chi connectivity index (χ3n) is 1.99. The van der Waals surface area contributed by atoms with Gasteiger partial charge in [0, 0.05) is 26.0 Å². The number of aromatic amines is 1. The highest BCUT2D eigenvalue weighted by Crippen LogP contribution is 2.11. The molecule has 0 aliphatic carbocycles. The second-order valence-electron chi connectivity index (χ2n) is 3.19. The van der Waals surface area contributed by atoms with Gasteiger partial charge in [-0.1, -0.05) is 6.92 Å². The summed E-state index contributed by atoms with van der Waals surface area (Å²) in [7, 11) is 1.88. The highest BCUT2D eigenvalue weighted by atomic mass is 16.4. The maximum absolute atomic E-state index is 10.6. The van der Waals surface area contributed by atoms with Crippen molar-refractivity contribution in [3.63, 3.8) is 0 Å². The molecule has 0 spiro atoms. The predicted octanol–water partition coefficient (Wildman–Crippen LogP) is 1.17. The van der Waals surface area contributed by atoms with Gasteiger partial charge < -0.3 is 15.0 Å². The second-order valence-corrected chi connectivity index (χ2v) is 3.19. The largest absolute Gasteiger partial charge is 0.481 e. The van der Waals surface area contributed by atoms with E-state index in [1.54, 1.807) is 6.92 Å². The number of hydrogen-bond acceptors (Lipinski definition) is 2. The molecule has 1 aromatic rings. The van der Waals surface area contributed by atoms with E-state index in [4.69, 9.17) is 5.11 Å². The summed E-state index contributed by atoms with van der Waals surface area (Å²) in [6.45, 7) is 2.22. The van der Waals surface area contributed by atoms with Crippen LogP contribution in [0.5, 0.6) is 0 Å². The first-order valence-electron chi connectivity index (χ1n) is 4.18. The first-order valence-corrected chi connectivity index (χ1v) is 4.18. The van der Waals surface area contributed by atoms with Crippen LogP contribution < -0.4 is 4.90 Å². The third kappa shape index (κ3) is 2.50. The van der Waals surface area contributed by atoms with E-state index in [1.807, 2.05) is 30.4 Å². The van der Waals surface area contributed by atoms with Crippen LogP contribution in [-0.2, 0) is 4.79 Å². The Labute approximate surface area is 77.2 Å². The fraction of sp³-hybridized carbons (Fsp3) is 0.444. The number of aromatic nitrogens is 1. The van der Waals surface area contributed by atoms with E-state index in [-0.39, 0.29) is 5.92 Å². The summed E-state index contributed by atoms with van der Waals surface area (Å²) in [6.07, 6.45) is 3.66. The molecule has 1 atom stereocenters. The Bertz CT molecular complexity index is 269. The summed E-state index contributed by atoms with van der Waals surface area (Å²) >= 11 is 0. The molecule has 13 heavy (non-hydrogen) atoms. The lowest BCUT2D eigenvalue weighted by atomic mass is 10.2. The van der Waals surface area contributed by atoms with Gasteiger partial charge in [0.15, 0.2) is 0 Å². The number of hydrogen-bond donors (Lipinski definition) is 2. The van der Waals surface area contributed by atoms with E-state index in [0.717, 1.165) is 5.69 Å². The van der Waals surface area contributed by atoms with Crippen LogP contribution in [0.25, 0.3) is 0 Å². The Hall–Kier alpha value is -1.45. The number of nitrogens with zero attached hydrogens (tertiary/aromatic N) is 1. The van der Waals surface area contributed by atoms with Crippen molar-refractivity contribution in [2.45, 2.75) is 6.92 Å². The number of carbonyl (C=O) groups is 1. The highest BCUT2D eigenvalue weighted by molar-refractivity contribution is 5.70. The van der Waals surface area contributed by atoms with Gasteiger partial charge in [-0.05, 0) is 6.07 Å². The maximum Gasteiger partial charge on any atom is 0.308 e. The van der Waals surface area contributed by atoms with Gasteiger partial charge in [-0.25, -0.2) is 0 Å². The lowest BCUT2D eigenvalue weighted by Gasteiger charge is -2.19. The summed E-state index contributed by atoms with van der Waals surface area (Å²) in [5.74, 6) is -1.11. The van der Waals surface area contributed by atoms with Crippen molar-refractivity contribution >= 4 is 11.7 Å². The van der Waals surface area contributed by atoms with Gasteiger partial charge in [0.05, 0.1) is 11.6 Å². The van der Waals surface area contributed by atoms with Gasteiger partial charge >= 0.3 is 5.97 Å². The van der Waals surface area contributed by atoms with Crippen LogP contribution in [0.1, 0.15) is 6.92 Å². The Kier molecular flexibility index (Phi) is 2.95. The molecule has 0 saturated heterocycles. The van der Waals surface area contributed by atoms with Gasteiger partial charge in [-0.3, -0.25) is 4.79 Å². The Balaban J connectivity index is 2.51. The minimum Gasteiger partial charge on any atom is -0.481 e. The summed E-state index contributed by atoms with van der Waals surface area (Å²) < 4.78 is 0. The molecule has 0 fully saturated rings. The van der Waals surface area contributed by atoms with Crippen molar-refractivity contribution in [2.24, 2.45) is 5.92 Å². The minimum atomic E-state index is -0.762. The molecule has 4 heteroatoms. The van der Waals surface area contributed by atoms with Crippen LogP contribution in [0.3, 0.4) is 0 Å². The van der Waals surface area contributed by atoms with E-state index in [1.165, 1.54) is 0 Å². The maximum atomic E-state index is 10.6. The minimum absolute atomic E-state index is 0.347. The number of anilines is 1. The molecule has 0 saturated carbocycles. The topological polar surface area (TPSA) is 56.3 Å². The van der Waals surface area contributed by atoms with E-state index in [9.17, 15) is 4.79 Å². The van der Waals surface area contributed by atoms with Gasteiger partial charge in [0.1, 0.15) is 0 Å². The standard InChI is InChI=1S/C9H14N2O2/c1-7(9(12)13)6-11(2)8-3-4-10-5-8/h3-5,7,10H,6H2,1-2H3,(H,12,13). The summed E-state index contributed by atoms with van der Waals surface area (Å²) in [6, 6.07) is 1.91. The SMILES string of the molecule is CC(CN(C)c1cc[nH]c1)C(=O)O. The van der Waals surface area contributed by atoms with Gasteiger partial charge in [0.2, 0.25) is 0 Å². The van der Waals surface area contributed by atoms with Crippen molar-refractivity contribution in [1.82, 2.24) is 4.98 Å². The van der Waals surface area contributed by atoms with Crippen LogP contribution in [0, 0.1) is 5.92 Å². The Morgan fingerprint density at radius 3 is 2.92 bits per heavy atom. The molecular formula is C9H14N2O2. The molecule has 0 bridgehead atoms. The zero-order chi connectivity index (χ0) is 9.84. The molecule has 1 unspecified atom stereocenters. The average Bonchev–Trinajstić information content (AvgIpc) is 2.55. The zero-order valence-corrected chi connectivity index (χ0v) is 7.82. The van der Waals surface area contributed by atoms with E-state index in [2.05, 4.69) is 4.98 Å². The molecule has 1 rings (SSSR count). The van der Waals surface area contributed by atoms with Crippen molar-refractivity contribution in [3.8, 4) is 0 Å². The first kappa shape index (κ1) is 9.64. The van der Waals surface area contributed by atoms with Crippen molar-refractivity contribution < 1.29 is 9.90 Å². The number of aliphatic carboxylic acids is 1. The van der Waals surface area contributed by atoms with Crippen LogP contribution in [0.15, 0.2) is 18.5 Å². The van der Waals surface area contributed by atoms with Crippen LogP contribution in [0.2, 0.25) is 0 Å². The van der Waals surface area contributed by atoms with E-state index >= 15 is 0 Å². The summed E-state index contributed by atoms with van der Waals surface area (Å²) in [5.41, 5.74) is 1.01. The quantitative estimate of drug-likeness (QED) is 0.735. The van der Waals surface area contributed by atoms with Crippen molar-refractivity contribution in [1.29, 1.82) is 0 Å². The Morgan fingerprint density at radius 1 is 1.77 bits per heavy atom. The van der Waals surface area contributed by atoms with Crippen LogP contribution in [0.4, 0.5) is 5.69 Å². The smallest absolute Gasteiger partial charge is 0.308 e. The number of nitrogens with one attached hydrogen (secondary N) is 1. The van der Waals surface area contributed by atoms with Gasteiger partial charge in [-0.2, -0.15) is 0 Å².